The zero-order valence-electron chi connectivity index (χ0n) is 10.7. The average molecular weight is 329 g/mol. The minimum absolute atomic E-state index is 0.0608. The first-order valence-electron chi connectivity index (χ1n) is 5.93. The maximum Gasteiger partial charge on any atom is 0.251 e. The van der Waals surface area contributed by atoms with Crippen molar-refractivity contribution in [3.8, 4) is 0 Å². The molecular formula is C13H17BrN2O3. The molecule has 0 saturated heterocycles. The molecule has 1 rings (SSSR count). The van der Waals surface area contributed by atoms with E-state index in [0.29, 0.717) is 25.1 Å². The van der Waals surface area contributed by atoms with Crippen LogP contribution in [-0.2, 0) is 9.53 Å². The molecule has 5 nitrogen and oxygen atoms in total. The Labute approximate surface area is 120 Å². The number of carbonyl (C=O) groups excluding carboxylic acids is 2. The smallest absolute Gasteiger partial charge is 0.251 e. The molecule has 0 fully saturated rings. The monoisotopic (exact) mass is 328 g/mol. The van der Waals surface area contributed by atoms with Gasteiger partial charge in [-0.05, 0) is 30.7 Å². The van der Waals surface area contributed by atoms with E-state index in [9.17, 15) is 9.59 Å². The van der Waals surface area contributed by atoms with Gasteiger partial charge in [-0.15, -0.1) is 0 Å². The molecule has 1 aromatic carbocycles. The van der Waals surface area contributed by atoms with Crippen molar-refractivity contribution in [1.82, 2.24) is 10.6 Å². The standard InChI is InChI=1S/C13H17BrN2O3/c1-19-9-12(17)15-7-2-8-16-13(18)10-3-5-11(14)6-4-10/h3-6H,2,7-9H2,1H3,(H,15,17)(H,16,18). The summed E-state index contributed by atoms with van der Waals surface area (Å²) in [6.07, 6.45) is 0.678. The van der Waals surface area contributed by atoms with E-state index in [1.54, 1.807) is 12.1 Å². The molecule has 0 unspecified atom stereocenters. The summed E-state index contributed by atoms with van der Waals surface area (Å²) in [5.74, 6) is -0.266. The van der Waals surface area contributed by atoms with Crippen LogP contribution in [0.25, 0.3) is 0 Å². The van der Waals surface area contributed by atoms with E-state index in [4.69, 9.17) is 0 Å². The summed E-state index contributed by atoms with van der Waals surface area (Å²) in [7, 11) is 1.47. The van der Waals surface area contributed by atoms with Crippen molar-refractivity contribution >= 4 is 27.7 Å². The Morgan fingerprint density at radius 2 is 1.79 bits per heavy atom. The Kier molecular flexibility index (Phi) is 7.14. The Hall–Kier alpha value is -1.40. The van der Waals surface area contributed by atoms with E-state index in [0.717, 1.165) is 4.47 Å². The number of rotatable bonds is 7. The number of carbonyl (C=O) groups is 2. The highest BCUT2D eigenvalue weighted by molar-refractivity contribution is 9.10. The Morgan fingerprint density at radius 3 is 2.42 bits per heavy atom. The molecule has 1 aromatic rings. The minimum atomic E-state index is -0.151. The predicted octanol–water partition coefficient (Wildman–Crippen LogP) is 1.33. The summed E-state index contributed by atoms with van der Waals surface area (Å²) in [5, 5.41) is 5.47. The third-order valence-corrected chi connectivity index (χ3v) is 2.87. The number of hydrogen-bond acceptors (Lipinski definition) is 3. The molecule has 0 bridgehead atoms. The largest absolute Gasteiger partial charge is 0.375 e. The van der Waals surface area contributed by atoms with E-state index in [-0.39, 0.29) is 18.4 Å². The summed E-state index contributed by atoms with van der Waals surface area (Å²) in [6.45, 7) is 1.09. The molecule has 6 heteroatoms. The lowest BCUT2D eigenvalue weighted by molar-refractivity contribution is -0.124. The van der Waals surface area contributed by atoms with Gasteiger partial charge in [0.2, 0.25) is 5.91 Å². The number of ether oxygens (including phenoxy) is 1. The van der Waals surface area contributed by atoms with E-state index < -0.39 is 0 Å². The lowest BCUT2D eigenvalue weighted by Gasteiger charge is -2.06. The Balaban J connectivity index is 2.17. The molecule has 0 saturated carbocycles. The van der Waals surface area contributed by atoms with Crippen LogP contribution in [-0.4, -0.2) is 38.6 Å². The van der Waals surface area contributed by atoms with Crippen molar-refractivity contribution in [3.05, 3.63) is 34.3 Å². The third kappa shape index (κ3) is 6.35. The fourth-order valence-corrected chi connectivity index (χ4v) is 1.67. The van der Waals surface area contributed by atoms with Crippen LogP contribution in [0, 0.1) is 0 Å². The molecule has 0 spiro atoms. The van der Waals surface area contributed by atoms with Crippen LogP contribution in [0.1, 0.15) is 16.8 Å². The van der Waals surface area contributed by atoms with E-state index in [1.807, 2.05) is 12.1 Å². The predicted molar refractivity (Wildman–Crippen MR) is 76.0 cm³/mol. The topological polar surface area (TPSA) is 67.4 Å². The highest BCUT2D eigenvalue weighted by atomic mass is 79.9. The van der Waals surface area contributed by atoms with Gasteiger partial charge >= 0.3 is 0 Å². The second-order valence-corrected chi connectivity index (χ2v) is 4.81. The molecule has 0 atom stereocenters. The summed E-state index contributed by atoms with van der Waals surface area (Å²) < 4.78 is 5.62. The number of amides is 2. The first-order valence-corrected chi connectivity index (χ1v) is 6.72. The fraction of sp³-hybridized carbons (Fsp3) is 0.385. The molecule has 2 amide bonds. The van der Waals surface area contributed by atoms with Gasteiger partial charge in [0.1, 0.15) is 6.61 Å². The van der Waals surface area contributed by atoms with Gasteiger partial charge in [0.15, 0.2) is 0 Å². The van der Waals surface area contributed by atoms with Crippen LogP contribution in [0.3, 0.4) is 0 Å². The zero-order chi connectivity index (χ0) is 14.1. The first kappa shape index (κ1) is 15.7. The lowest BCUT2D eigenvalue weighted by Crippen LogP contribution is -2.31. The second kappa shape index (κ2) is 8.66. The summed E-state index contributed by atoms with van der Waals surface area (Å²) in [4.78, 5) is 22.8. The second-order valence-electron chi connectivity index (χ2n) is 3.90. The normalized spacial score (nSPS) is 10.0. The van der Waals surface area contributed by atoms with E-state index in [1.165, 1.54) is 7.11 Å². The van der Waals surface area contributed by atoms with Crippen molar-refractivity contribution in [2.24, 2.45) is 0 Å². The van der Waals surface area contributed by atoms with Crippen molar-refractivity contribution in [2.45, 2.75) is 6.42 Å². The highest BCUT2D eigenvalue weighted by Gasteiger charge is 2.04. The lowest BCUT2D eigenvalue weighted by atomic mass is 10.2. The SMILES string of the molecule is COCC(=O)NCCCNC(=O)c1ccc(Br)cc1. The molecule has 104 valence electrons. The van der Waals surface area contributed by atoms with Gasteiger partial charge in [0.25, 0.3) is 5.91 Å². The zero-order valence-corrected chi connectivity index (χ0v) is 12.3. The van der Waals surface area contributed by atoms with Gasteiger partial charge in [0, 0.05) is 30.2 Å². The van der Waals surface area contributed by atoms with Crippen LogP contribution in [0.15, 0.2) is 28.7 Å². The average Bonchev–Trinajstić information content (AvgIpc) is 2.39. The van der Waals surface area contributed by atoms with Gasteiger partial charge in [0.05, 0.1) is 0 Å². The Bertz CT molecular complexity index is 420. The summed E-state index contributed by atoms with van der Waals surface area (Å²) >= 11 is 3.31. The van der Waals surface area contributed by atoms with Crippen LogP contribution in [0.2, 0.25) is 0 Å². The van der Waals surface area contributed by atoms with Crippen molar-refractivity contribution < 1.29 is 14.3 Å². The van der Waals surface area contributed by atoms with E-state index >= 15 is 0 Å². The van der Waals surface area contributed by atoms with Crippen molar-refractivity contribution in [2.75, 3.05) is 26.8 Å². The molecule has 2 N–H and O–H groups in total. The molecule has 0 aliphatic rings. The first-order chi connectivity index (χ1) is 9.13. The maximum atomic E-state index is 11.7. The minimum Gasteiger partial charge on any atom is -0.375 e. The number of methoxy groups -OCH3 is 1. The van der Waals surface area contributed by atoms with Crippen molar-refractivity contribution in [1.29, 1.82) is 0 Å². The van der Waals surface area contributed by atoms with E-state index in [2.05, 4.69) is 31.3 Å². The van der Waals surface area contributed by atoms with Crippen LogP contribution >= 0.6 is 15.9 Å². The Morgan fingerprint density at radius 1 is 1.16 bits per heavy atom. The maximum absolute atomic E-state index is 11.7. The fourth-order valence-electron chi connectivity index (χ4n) is 1.40. The van der Waals surface area contributed by atoms with Gasteiger partial charge in [-0.1, -0.05) is 15.9 Å². The number of benzene rings is 1. The molecule has 0 radical (unpaired) electrons. The van der Waals surface area contributed by atoms with Crippen LogP contribution in [0.5, 0.6) is 0 Å². The van der Waals surface area contributed by atoms with Crippen molar-refractivity contribution in [3.63, 3.8) is 0 Å². The van der Waals surface area contributed by atoms with Gasteiger partial charge < -0.3 is 15.4 Å². The molecule has 19 heavy (non-hydrogen) atoms. The quantitative estimate of drug-likeness (QED) is 0.742. The third-order valence-electron chi connectivity index (χ3n) is 2.34. The van der Waals surface area contributed by atoms with Gasteiger partial charge in [-0.3, -0.25) is 9.59 Å². The van der Waals surface area contributed by atoms with Gasteiger partial charge in [-0.25, -0.2) is 0 Å². The van der Waals surface area contributed by atoms with Crippen LogP contribution in [0.4, 0.5) is 0 Å². The van der Waals surface area contributed by atoms with Gasteiger partial charge in [-0.2, -0.15) is 0 Å². The summed E-state index contributed by atoms with van der Waals surface area (Å²) in [5.41, 5.74) is 0.617. The highest BCUT2D eigenvalue weighted by Crippen LogP contribution is 2.10. The number of halogens is 1. The number of hydrogen-bond donors (Lipinski definition) is 2. The molecule has 0 aliphatic carbocycles. The molecular weight excluding hydrogens is 312 g/mol. The van der Waals surface area contributed by atoms with Crippen LogP contribution < -0.4 is 10.6 Å². The molecule has 0 heterocycles. The molecule has 0 aromatic heterocycles. The summed E-state index contributed by atoms with van der Waals surface area (Å²) in [6, 6.07) is 7.14. The number of nitrogens with one attached hydrogen (secondary N) is 2. The molecule has 0 aliphatic heterocycles.